The average molecular weight is 225 g/mol. The number of hydrogen-bond acceptors (Lipinski definition) is 3. The van der Waals surface area contributed by atoms with E-state index in [9.17, 15) is 9.59 Å². The van der Waals surface area contributed by atoms with Gasteiger partial charge in [0.2, 0.25) is 5.91 Å². The van der Waals surface area contributed by atoms with E-state index in [0.29, 0.717) is 17.8 Å². The summed E-state index contributed by atoms with van der Waals surface area (Å²) in [6, 6.07) is 3.57. The summed E-state index contributed by atoms with van der Waals surface area (Å²) in [5.74, 6) is -1.40. The molecule has 0 bridgehead atoms. The summed E-state index contributed by atoms with van der Waals surface area (Å²) in [7, 11) is 0. The Labute approximate surface area is 90.9 Å². The van der Waals surface area contributed by atoms with Crippen LogP contribution >= 0.6 is 11.3 Å². The van der Waals surface area contributed by atoms with E-state index in [0.717, 1.165) is 6.42 Å². The molecule has 0 saturated heterocycles. The highest BCUT2D eigenvalue weighted by molar-refractivity contribution is 7.14. The van der Waals surface area contributed by atoms with Crippen LogP contribution in [0.4, 0.5) is 5.00 Å². The van der Waals surface area contributed by atoms with Crippen LogP contribution in [0.1, 0.15) is 19.3 Å². The fourth-order valence-electron chi connectivity index (χ4n) is 1.65. The molecular formula is C10H11NO3S. The third-order valence-corrected chi connectivity index (χ3v) is 3.59. The lowest BCUT2D eigenvalue weighted by atomic mass is 9.68. The number of rotatable bonds is 3. The van der Waals surface area contributed by atoms with Crippen LogP contribution in [0, 0.1) is 5.41 Å². The predicted molar refractivity (Wildman–Crippen MR) is 56.9 cm³/mol. The maximum Gasteiger partial charge on any atom is 0.319 e. The van der Waals surface area contributed by atoms with E-state index < -0.39 is 11.4 Å². The van der Waals surface area contributed by atoms with Gasteiger partial charge in [0.1, 0.15) is 5.41 Å². The van der Waals surface area contributed by atoms with Gasteiger partial charge in [-0.2, -0.15) is 0 Å². The first-order valence-corrected chi connectivity index (χ1v) is 5.61. The van der Waals surface area contributed by atoms with Crippen molar-refractivity contribution in [2.45, 2.75) is 19.3 Å². The number of nitrogens with one attached hydrogen (secondary N) is 1. The second-order valence-electron chi connectivity index (χ2n) is 3.67. The standard InChI is InChI=1S/C10H11NO3S/c12-8(11-7-3-1-6-15-7)10(9(13)14)4-2-5-10/h1,3,6H,2,4-5H2,(H,11,12)(H,13,14). The zero-order valence-corrected chi connectivity index (χ0v) is 8.84. The molecule has 1 amide bonds. The molecule has 1 aliphatic rings. The summed E-state index contributed by atoms with van der Waals surface area (Å²) < 4.78 is 0. The SMILES string of the molecule is O=C(O)C1(C(=O)Nc2cccs2)CCC1. The smallest absolute Gasteiger partial charge is 0.319 e. The Balaban J connectivity index is 2.10. The number of aliphatic carboxylic acids is 1. The van der Waals surface area contributed by atoms with Gasteiger partial charge in [-0.15, -0.1) is 11.3 Å². The minimum Gasteiger partial charge on any atom is -0.480 e. The lowest BCUT2D eigenvalue weighted by Crippen LogP contribution is -2.48. The first-order valence-electron chi connectivity index (χ1n) is 4.73. The third kappa shape index (κ3) is 1.63. The van der Waals surface area contributed by atoms with Crippen molar-refractivity contribution in [1.29, 1.82) is 0 Å². The first-order chi connectivity index (χ1) is 7.15. The number of carbonyl (C=O) groups is 2. The number of amides is 1. The Bertz CT molecular complexity index is 381. The van der Waals surface area contributed by atoms with Gasteiger partial charge in [0.15, 0.2) is 0 Å². The van der Waals surface area contributed by atoms with Crippen LogP contribution in [0.3, 0.4) is 0 Å². The third-order valence-electron chi connectivity index (χ3n) is 2.81. The Kier molecular flexibility index (Phi) is 2.48. The van der Waals surface area contributed by atoms with Crippen LogP contribution in [-0.4, -0.2) is 17.0 Å². The van der Waals surface area contributed by atoms with Gasteiger partial charge in [-0.3, -0.25) is 9.59 Å². The zero-order chi connectivity index (χ0) is 10.9. The highest BCUT2D eigenvalue weighted by atomic mass is 32.1. The van der Waals surface area contributed by atoms with Gasteiger partial charge in [-0.1, -0.05) is 6.42 Å². The van der Waals surface area contributed by atoms with Crippen molar-refractivity contribution in [3.8, 4) is 0 Å². The van der Waals surface area contributed by atoms with Crippen LogP contribution in [-0.2, 0) is 9.59 Å². The molecule has 0 unspecified atom stereocenters. The van der Waals surface area contributed by atoms with Crippen molar-refractivity contribution in [1.82, 2.24) is 0 Å². The zero-order valence-electron chi connectivity index (χ0n) is 8.03. The van der Waals surface area contributed by atoms with Gasteiger partial charge in [0, 0.05) is 0 Å². The number of hydrogen-bond donors (Lipinski definition) is 2. The van der Waals surface area contributed by atoms with Crippen LogP contribution in [0.15, 0.2) is 17.5 Å². The summed E-state index contributed by atoms with van der Waals surface area (Å²) >= 11 is 1.39. The molecule has 0 spiro atoms. The van der Waals surface area contributed by atoms with E-state index in [2.05, 4.69) is 5.32 Å². The number of thiophene rings is 1. The van der Waals surface area contributed by atoms with Gasteiger partial charge in [0.05, 0.1) is 5.00 Å². The molecule has 0 aliphatic heterocycles. The topological polar surface area (TPSA) is 66.4 Å². The molecule has 1 aromatic heterocycles. The molecule has 1 aromatic rings. The van der Waals surface area contributed by atoms with Crippen molar-refractivity contribution in [3.05, 3.63) is 17.5 Å². The maximum absolute atomic E-state index is 11.8. The van der Waals surface area contributed by atoms with Gasteiger partial charge in [0.25, 0.3) is 0 Å². The summed E-state index contributed by atoms with van der Waals surface area (Å²) in [5.41, 5.74) is -1.18. The minimum absolute atomic E-state index is 0.385. The molecule has 80 valence electrons. The molecule has 15 heavy (non-hydrogen) atoms. The molecule has 2 N–H and O–H groups in total. The minimum atomic E-state index is -1.18. The van der Waals surface area contributed by atoms with Crippen molar-refractivity contribution in [3.63, 3.8) is 0 Å². The van der Waals surface area contributed by atoms with E-state index in [-0.39, 0.29) is 5.91 Å². The second-order valence-corrected chi connectivity index (χ2v) is 4.62. The van der Waals surface area contributed by atoms with E-state index in [4.69, 9.17) is 5.11 Å². The molecule has 1 saturated carbocycles. The van der Waals surface area contributed by atoms with Crippen molar-refractivity contribution in [2.75, 3.05) is 5.32 Å². The fraction of sp³-hybridized carbons (Fsp3) is 0.400. The normalized spacial score (nSPS) is 17.9. The maximum atomic E-state index is 11.8. The monoisotopic (exact) mass is 225 g/mol. The highest BCUT2D eigenvalue weighted by Gasteiger charge is 2.51. The summed E-state index contributed by atoms with van der Waals surface area (Å²) in [5, 5.41) is 14.2. The van der Waals surface area contributed by atoms with Crippen molar-refractivity contribution >= 4 is 28.2 Å². The van der Waals surface area contributed by atoms with Crippen molar-refractivity contribution in [2.24, 2.45) is 5.41 Å². The summed E-state index contributed by atoms with van der Waals surface area (Å²) in [4.78, 5) is 22.8. The lowest BCUT2D eigenvalue weighted by molar-refractivity contribution is -0.159. The van der Waals surface area contributed by atoms with Gasteiger partial charge in [-0.25, -0.2) is 0 Å². The van der Waals surface area contributed by atoms with E-state index in [1.807, 2.05) is 11.4 Å². The van der Waals surface area contributed by atoms with Crippen molar-refractivity contribution < 1.29 is 14.7 Å². The van der Waals surface area contributed by atoms with Crippen LogP contribution in [0.25, 0.3) is 0 Å². The van der Waals surface area contributed by atoms with Crippen LogP contribution < -0.4 is 5.32 Å². The first kappa shape index (κ1) is 10.2. The predicted octanol–water partition coefficient (Wildman–Crippen LogP) is 1.94. The summed E-state index contributed by atoms with van der Waals surface area (Å²) in [6.07, 6.45) is 1.70. The average Bonchev–Trinajstić information content (AvgIpc) is 2.53. The van der Waals surface area contributed by atoms with Crippen LogP contribution in [0.2, 0.25) is 0 Å². The second kappa shape index (κ2) is 3.66. The Hall–Kier alpha value is -1.36. The highest BCUT2D eigenvalue weighted by Crippen LogP contribution is 2.42. The molecule has 4 nitrogen and oxygen atoms in total. The summed E-state index contributed by atoms with van der Waals surface area (Å²) in [6.45, 7) is 0. The molecule has 0 aromatic carbocycles. The fourth-order valence-corrected chi connectivity index (χ4v) is 2.26. The number of carboxylic acids is 1. The molecule has 0 atom stereocenters. The molecule has 2 rings (SSSR count). The van der Waals surface area contributed by atoms with Gasteiger partial charge >= 0.3 is 5.97 Å². The largest absolute Gasteiger partial charge is 0.480 e. The molecule has 1 fully saturated rings. The Morgan fingerprint density at radius 3 is 2.60 bits per heavy atom. The quantitative estimate of drug-likeness (QED) is 0.772. The molecule has 1 heterocycles. The Morgan fingerprint density at radius 1 is 1.47 bits per heavy atom. The van der Waals surface area contributed by atoms with Crippen LogP contribution in [0.5, 0.6) is 0 Å². The Morgan fingerprint density at radius 2 is 2.20 bits per heavy atom. The van der Waals surface area contributed by atoms with E-state index in [1.54, 1.807) is 6.07 Å². The molecule has 5 heteroatoms. The number of carbonyl (C=O) groups excluding carboxylic acids is 1. The van der Waals surface area contributed by atoms with Gasteiger partial charge < -0.3 is 10.4 Å². The molecule has 0 radical (unpaired) electrons. The molecule has 1 aliphatic carbocycles. The van der Waals surface area contributed by atoms with Gasteiger partial charge in [-0.05, 0) is 30.4 Å². The molecular weight excluding hydrogens is 214 g/mol. The van der Waals surface area contributed by atoms with E-state index >= 15 is 0 Å². The van der Waals surface area contributed by atoms with E-state index in [1.165, 1.54) is 11.3 Å². The lowest BCUT2D eigenvalue weighted by Gasteiger charge is -2.35. The number of anilines is 1. The number of carboxylic acid groups (broad SMARTS) is 1.